The summed E-state index contributed by atoms with van der Waals surface area (Å²) < 4.78 is 109. The van der Waals surface area contributed by atoms with E-state index in [1.54, 1.807) is 4.91 Å². The lowest BCUT2D eigenvalue weighted by atomic mass is 9.66. The van der Waals surface area contributed by atoms with E-state index in [4.69, 9.17) is 5.53 Å². The van der Waals surface area contributed by atoms with Crippen LogP contribution in [-0.2, 0) is 14.3 Å². The van der Waals surface area contributed by atoms with Crippen molar-refractivity contribution in [2.45, 2.75) is 67.7 Å². The third kappa shape index (κ3) is 3.32. The van der Waals surface area contributed by atoms with Gasteiger partial charge in [-0.15, -0.1) is 0 Å². The fourth-order valence-corrected chi connectivity index (χ4v) is 3.83. The third-order valence-electron chi connectivity index (χ3n) is 5.07. The monoisotopic (exact) mass is 435 g/mol. The van der Waals surface area contributed by atoms with E-state index in [1.165, 1.54) is 0 Å². The Bertz CT molecular complexity index is 719. The van der Waals surface area contributed by atoms with Gasteiger partial charge in [0.1, 0.15) is 0 Å². The van der Waals surface area contributed by atoms with Crippen LogP contribution in [-0.4, -0.2) is 46.7 Å². The first-order valence-electron chi connectivity index (χ1n) is 8.35. The molecule has 2 aliphatic rings. The summed E-state index contributed by atoms with van der Waals surface area (Å²) in [6.45, 7) is 2.88. The van der Waals surface area contributed by atoms with Crippen molar-refractivity contribution in [1.29, 1.82) is 0 Å². The average Bonchev–Trinajstić information content (AvgIpc) is 2.62. The number of carbonyl (C=O) groups excluding carboxylic acids is 1. The Kier molecular flexibility index (Phi) is 5.87. The van der Waals surface area contributed by atoms with E-state index >= 15 is 17.6 Å². The highest BCUT2D eigenvalue weighted by Crippen LogP contribution is 2.63. The molecule has 29 heavy (non-hydrogen) atoms. The molecule has 1 aliphatic heterocycles. The second-order valence-electron chi connectivity index (χ2n) is 6.73. The first kappa shape index (κ1) is 23.2. The number of hydrogen-bond donors (Lipinski definition) is 1. The maximum absolute atomic E-state index is 15.3. The maximum Gasteiger partial charge on any atom is 0.420 e. The summed E-state index contributed by atoms with van der Waals surface area (Å²) in [6, 6.07) is 0. The Labute approximate surface area is 159 Å². The minimum Gasteiger partial charge on any atom is -0.442 e. The number of alkyl halides is 7. The molecule has 1 heterocycles. The Hall–Kier alpha value is -2.05. The Morgan fingerprint density at radius 2 is 1.79 bits per heavy atom. The number of carbonyl (C=O) groups is 1. The molecule has 0 aromatic carbocycles. The Morgan fingerprint density at radius 3 is 2.24 bits per heavy atom. The second-order valence-corrected chi connectivity index (χ2v) is 6.73. The van der Waals surface area contributed by atoms with Crippen molar-refractivity contribution in [2.75, 3.05) is 0 Å². The van der Waals surface area contributed by atoms with E-state index in [2.05, 4.69) is 21.2 Å². The highest BCUT2D eigenvalue weighted by molar-refractivity contribution is 5.82. The van der Waals surface area contributed by atoms with Gasteiger partial charge in [-0.3, -0.25) is 0 Å². The zero-order valence-electron chi connectivity index (χ0n) is 14.6. The summed E-state index contributed by atoms with van der Waals surface area (Å²) >= 11 is 0. The maximum atomic E-state index is 15.3. The van der Waals surface area contributed by atoms with Crippen molar-refractivity contribution in [2.24, 2.45) is 11.0 Å². The normalized spacial score (nSPS) is 34.7. The molecule has 0 bridgehead atoms. The van der Waals surface area contributed by atoms with Gasteiger partial charge in [0.15, 0.2) is 0 Å². The third-order valence-corrected chi connectivity index (χ3v) is 5.07. The van der Waals surface area contributed by atoms with Crippen LogP contribution < -0.4 is 0 Å². The van der Waals surface area contributed by atoms with Gasteiger partial charge in [0.25, 0.3) is 0 Å². The van der Waals surface area contributed by atoms with Gasteiger partial charge >= 0.3 is 29.9 Å². The van der Waals surface area contributed by atoms with Crippen LogP contribution in [0.15, 0.2) is 17.8 Å². The average molecular weight is 435 g/mol. The molecule has 0 aromatic rings. The summed E-state index contributed by atoms with van der Waals surface area (Å²) in [5.41, 5.74) is 3.92. The zero-order valence-corrected chi connectivity index (χ0v) is 14.6. The van der Waals surface area contributed by atoms with E-state index in [0.717, 1.165) is 0 Å². The summed E-state index contributed by atoms with van der Waals surface area (Å²) in [7, 11) is 0. The number of ether oxygens (including phenoxy) is 2. The van der Waals surface area contributed by atoms with Gasteiger partial charge < -0.3 is 14.6 Å². The van der Waals surface area contributed by atoms with Gasteiger partial charge in [-0.05, 0) is 23.5 Å². The standard InChI is InChI=1S/C15H16F7N3O4/c1-2-9(26)28-11(8-6-4-3-5-7-8)12(16,17)10(13(18,19)20)29-15(27,24-25-23)14(11,21)22/h2,8,10,27H,1,3-7H2. The molecule has 3 atom stereocenters. The highest BCUT2D eigenvalue weighted by atomic mass is 19.4. The first-order chi connectivity index (χ1) is 13.2. The largest absolute Gasteiger partial charge is 0.442 e. The van der Waals surface area contributed by atoms with Gasteiger partial charge in [-0.25, -0.2) is 4.79 Å². The highest BCUT2D eigenvalue weighted by Gasteiger charge is 2.89. The van der Waals surface area contributed by atoms with E-state index in [0.29, 0.717) is 6.42 Å². The molecule has 0 amide bonds. The zero-order chi connectivity index (χ0) is 22.3. The Morgan fingerprint density at radius 1 is 1.24 bits per heavy atom. The number of hydrogen-bond acceptors (Lipinski definition) is 5. The first-order valence-corrected chi connectivity index (χ1v) is 8.35. The van der Waals surface area contributed by atoms with Gasteiger partial charge in [-0.2, -0.15) is 30.7 Å². The van der Waals surface area contributed by atoms with Crippen molar-refractivity contribution < 1.29 is 50.1 Å². The van der Waals surface area contributed by atoms with Crippen molar-refractivity contribution in [1.82, 2.24) is 0 Å². The van der Waals surface area contributed by atoms with Crippen LogP contribution in [0.2, 0.25) is 0 Å². The van der Waals surface area contributed by atoms with Gasteiger partial charge in [-0.1, -0.05) is 25.8 Å². The van der Waals surface area contributed by atoms with Gasteiger partial charge in [0.2, 0.25) is 11.7 Å². The topological polar surface area (TPSA) is 105 Å². The molecule has 0 radical (unpaired) electrons. The Balaban J connectivity index is 2.88. The minimum absolute atomic E-state index is 0.0711. The van der Waals surface area contributed by atoms with Crippen LogP contribution in [0, 0.1) is 5.92 Å². The smallest absolute Gasteiger partial charge is 0.420 e. The quantitative estimate of drug-likeness (QED) is 0.178. The van der Waals surface area contributed by atoms with Crippen LogP contribution in [0.4, 0.5) is 30.7 Å². The molecular weight excluding hydrogens is 419 g/mol. The van der Waals surface area contributed by atoms with Crippen LogP contribution in [0.5, 0.6) is 0 Å². The molecule has 2 fully saturated rings. The lowest BCUT2D eigenvalue weighted by Gasteiger charge is -2.57. The van der Waals surface area contributed by atoms with Crippen molar-refractivity contribution >= 4 is 5.97 Å². The van der Waals surface area contributed by atoms with Crippen molar-refractivity contribution in [3.05, 3.63) is 23.1 Å². The lowest BCUT2D eigenvalue weighted by Crippen LogP contribution is -2.82. The van der Waals surface area contributed by atoms with E-state index in [9.17, 15) is 23.1 Å². The predicted molar refractivity (Wildman–Crippen MR) is 80.5 cm³/mol. The molecule has 3 unspecified atom stereocenters. The molecule has 7 nitrogen and oxygen atoms in total. The second kappa shape index (κ2) is 7.33. The predicted octanol–water partition coefficient (Wildman–Crippen LogP) is 4.22. The molecule has 2 rings (SSSR count). The van der Waals surface area contributed by atoms with Crippen LogP contribution in [0.25, 0.3) is 10.4 Å². The minimum atomic E-state index is -6.00. The van der Waals surface area contributed by atoms with Gasteiger partial charge in [0, 0.05) is 16.9 Å². The van der Waals surface area contributed by atoms with Crippen LogP contribution in [0.1, 0.15) is 32.1 Å². The number of halogens is 7. The number of azide groups is 1. The molecular formula is C15H16F7N3O4. The molecule has 1 saturated heterocycles. The number of aliphatic hydroxyl groups is 1. The number of nitrogens with zero attached hydrogens (tertiary/aromatic N) is 3. The van der Waals surface area contributed by atoms with E-state index < -0.39 is 60.4 Å². The van der Waals surface area contributed by atoms with Crippen molar-refractivity contribution in [3.63, 3.8) is 0 Å². The molecule has 0 spiro atoms. The SMILES string of the molecule is C=CC(=O)OC1(C2CCCCC2)C(F)(F)C(C(F)(F)F)OC(O)(N=[N+]=[N-])C1(F)F. The fourth-order valence-electron chi connectivity index (χ4n) is 3.83. The molecule has 1 N–H and O–H groups in total. The van der Waals surface area contributed by atoms with E-state index in [1.807, 2.05) is 0 Å². The number of esters is 1. The molecule has 0 aromatic heterocycles. The molecule has 14 heteroatoms. The van der Waals surface area contributed by atoms with Crippen molar-refractivity contribution in [3.8, 4) is 0 Å². The van der Waals surface area contributed by atoms with Crippen LogP contribution in [0.3, 0.4) is 0 Å². The van der Waals surface area contributed by atoms with Crippen LogP contribution >= 0.6 is 0 Å². The molecule has 1 saturated carbocycles. The number of rotatable bonds is 4. The fraction of sp³-hybridized carbons (Fsp3) is 0.800. The summed E-state index contributed by atoms with van der Waals surface area (Å²) in [6.07, 6.45) is -10.5. The lowest BCUT2D eigenvalue weighted by molar-refractivity contribution is -0.494. The van der Waals surface area contributed by atoms with E-state index in [-0.39, 0.29) is 18.9 Å². The summed E-state index contributed by atoms with van der Waals surface area (Å²) in [5, 5.41) is 12.1. The molecule has 1 aliphatic carbocycles. The molecule has 164 valence electrons. The summed E-state index contributed by atoms with van der Waals surface area (Å²) in [4.78, 5) is 13.5. The van der Waals surface area contributed by atoms with Gasteiger partial charge in [0.05, 0.1) is 0 Å². The summed E-state index contributed by atoms with van der Waals surface area (Å²) in [5.74, 6) is -19.6.